The summed E-state index contributed by atoms with van der Waals surface area (Å²) in [6.07, 6.45) is 0. The van der Waals surface area contributed by atoms with Gasteiger partial charge in [0.25, 0.3) is 0 Å². The fourth-order valence-electron chi connectivity index (χ4n) is 7.26. The Kier molecular flexibility index (Phi) is 5.03. The second kappa shape index (κ2) is 9.06. The standard InChI is InChI=1S/C41H27N/c1-3-11-27(12-4-1)28-19-21-30(22-20-28)38-33-17-9-10-18-34(33)39-35(38)25-26-37-40(39)36-24-23-29-13-7-8-16-32(29)41(36)42(37)31-14-5-2-6-15-31/h1-26,38H. The number of hydrogen-bond acceptors (Lipinski definition) is 0. The topological polar surface area (TPSA) is 4.93 Å². The van der Waals surface area contributed by atoms with Gasteiger partial charge in [-0.15, -0.1) is 0 Å². The van der Waals surface area contributed by atoms with Crippen LogP contribution in [0.25, 0.3) is 60.5 Å². The van der Waals surface area contributed by atoms with Crippen molar-refractivity contribution in [3.8, 4) is 27.9 Å². The van der Waals surface area contributed by atoms with E-state index in [2.05, 4.69) is 162 Å². The van der Waals surface area contributed by atoms with Gasteiger partial charge in [0.15, 0.2) is 0 Å². The maximum absolute atomic E-state index is 2.47. The number of nitrogens with zero attached hydrogens (tertiary/aromatic N) is 1. The maximum atomic E-state index is 2.47. The highest BCUT2D eigenvalue weighted by molar-refractivity contribution is 6.23. The van der Waals surface area contributed by atoms with E-state index >= 15 is 0 Å². The Morgan fingerprint density at radius 1 is 0.452 bits per heavy atom. The predicted molar refractivity (Wildman–Crippen MR) is 177 cm³/mol. The van der Waals surface area contributed by atoms with E-state index in [1.165, 1.54) is 77.2 Å². The smallest absolute Gasteiger partial charge is 0.0619 e. The van der Waals surface area contributed by atoms with E-state index < -0.39 is 0 Å². The summed E-state index contributed by atoms with van der Waals surface area (Å²) in [5.41, 5.74) is 13.0. The summed E-state index contributed by atoms with van der Waals surface area (Å²) in [7, 11) is 0. The minimum atomic E-state index is 0.195. The fraction of sp³-hybridized carbons (Fsp3) is 0.0244. The lowest BCUT2D eigenvalue weighted by Crippen LogP contribution is -1.99. The van der Waals surface area contributed by atoms with E-state index in [-0.39, 0.29) is 5.92 Å². The average Bonchev–Trinajstić information content (AvgIpc) is 3.59. The Labute approximate surface area is 244 Å². The third-order valence-electron chi connectivity index (χ3n) is 9.07. The summed E-state index contributed by atoms with van der Waals surface area (Å²) in [6, 6.07) is 57.8. The van der Waals surface area contributed by atoms with Gasteiger partial charge in [-0.05, 0) is 62.5 Å². The fourth-order valence-corrected chi connectivity index (χ4v) is 7.26. The lowest BCUT2D eigenvalue weighted by Gasteiger charge is -2.15. The van der Waals surface area contributed by atoms with Gasteiger partial charge in [-0.1, -0.05) is 140 Å². The van der Waals surface area contributed by atoms with E-state index in [9.17, 15) is 0 Å². The lowest BCUT2D eigenvalue weighted by atomic mass is 9.88. The molecule has 1 unspecified atom stereocenters. The van der Waals surface area contributed by atoms with Gasteiger partial charge in [-0.25, -0.2) is 0 Å². The molecule has 1 aromatic heterocycles. The van der Waals surface area contributed by atoms with E-state index in [1.807, 2.05) is 0 Å². The van der Waals surface area contributed by atoms with Gasteiger partial charge < -0.3 is 4.57 Å². The largest absolute Gasteiger partial charge is 0.309 e. The first-order valence-corrected chi connectivity index (χ1v) is 14.7. The molecular weight excluding hydrogens is 506 g/mol. The highest BCUT2D eigenvalue weighted by atomic mass is 15.0. The number of aromatic nitrogens is 1. The van der Waals surface area contributed by atoms with E-state index in [1.54, 1.807) is 0 Å². The zero-order valence-electron chi connectivity index (χ0n) is 23.0. The van der Waals surface area contributed by atoms with E-state index in [0.717, 1.165) is 0 Å². The van der Waals surface area contributed by atoms with Crippen molar-refractivity contribution in [3.63, 3.8) is 0 Å². The molecule has 0 saturated carbocycles. The Morgan fingerprint density at radius 2 is 1.14 bits per heavy atom. The van der Waals surface area contributed by atoms with Crippen molar-refractivity contribution in [2.24, 2.45) is 0 Å². The minimum Gasteiger partial charge on any atom is -0.309 e. The summed E-state index contributed by atoms with van der Waals surface area (Å²) in [5, 5.41) is 5.19. The van der Waals surface area contributed by atoms with Crippen LogP contribution in [-0.4, -0.2) is 4.57 Å². The summed E-state index contributed by atoms with van der Waals surface area (Å²) in [6.45, 7) is 0. The monoisotopic (exact) mass is 533 g/mol. The van der Waals surface area contributed by atoms with Crippen LogP contribution in [-0.2, 0) is 0 Å². The SMILES string of the molecule is c1ccc(-c2ccc(C3c4ccccc4-c4c3ccc3c4c4ccc5ccccc5c4n3-c3ccccc3)cc2)cc1. The van der Waals surface area contributed by atoms with Crippen molar-refractivity contribution in [2.45, 2.75) is 5.92 Å². The van der Waals surface area contributed by atoms with Gasteiger partial charge in [-0.2, -0.15) is 0 Å². The second-order valence-electron chi connectivity index (χ2n) is 11.3. The average molecular weight is 534 g/mol. The molecule has 9 rings (SSSR count). The first-order chi connectivity index (χ1) is 20.9. The second-order valence-corrected chi connectivity index (χ2v) is 11.3. The van der Waals surface area contributed by atoms with Crippen LogP contribution in [0.1, 0.15) is 22.6 Å². The molecule has 1 heterocycles. The molecule has 1 aliphatic carbocycles. The Morgan fingerprint density at radius 3 is 1.98 bits per heavy atom. The molecule has 196 valence electrons. The highest BCUT2D eigenvalue weighted by Crippen LogP contribution is 2.53. The third-order valence-corrected chi connectivity index (χ3v) is 9.07. The first-order valence-electron chi connectivity index (χ1n) is 14.7. The minimum absolute atomic E-state index is 0.195. The van der Waals surface area contributed by atoms with Crippen molar-refractivity contribution < 1.29 is 0 Å². The van der Waals surface area contributed by atoms with Gasteiger partial charge >= 0.3 is 0 Å². The van der Waals surface area contributed by atoms with Crippen molar-refractivity contribution in [2.75, 3.05) is 0 Å². The summed E-state index contributed by atoms with van der Waals surface area (Å²) < 4.78 is 2.47. The molecule has 1 nitrogen and oxygen atoms in total. The van der Waals surface area contributed by atoms with Crippen LogP contribution in [0.2, 0.25) is 0 Å². The van der Waals surface area contributed by atoms with Crippen LogP contribution < -0.4 is 0 Å². The molecule has 1 atom stereocenters. The van der Waals surface area contributed by atoms with Crippen LogP contribution in [0.3, 0.4) is 0 Å². The number of para-hydroxylation sites is 1. The van der Waals surface area contributed by atoms with Gasteiger partial charge in [0.05, 0.1) is 11.0 Å². The highest BCUT2D eigenvalue weighted by Gasteiger charge is 2.33. The van der Waals surface area contributed by atoms with Gasteiger partial charge in [-0.3, -0.25) is 0 Å². The Hall–Kier alpha value is -5.40. The van der Waals surface area contributed by atoms with Gasteiger partial charge in [0.2, 0.25) is 0 Å². The van der Waals surface area contributed by atoms with Crippen molar-refractivity contribution in [1.82, 2.24) is 4.57 Å². The number of fused-ring (bicyclic) bond motifs is 9. The molecule has 0 saturated heterocycles. The number of rotatable bonds is 3. The van der Waals surface area contributed by atoms with Crippen molar-refractivity contribution in [1.29, 1.82) is 0 Å². The van der Waals surface area contributed by atoms with Crippen LogP contribution >= 0.6 is 0 Å². The molecule has 1 heteroatoms. The van der Waals surface area contributed by atoms with Crippen molar-refractivity contribution in [3.05, 3.63) is 174 Å². The van der Waals surface area contributed by atoms with E-state index in [0.29, 0.717) is 0 Å². The Balaban J connectivity index is 1.35. The molecule has 0 spiro atoms. The third kappa shape index (κ3) is 3.31. The summed E-state index contributed by atoms with van der Waals surface area (Å²) in [5.74, 6) is 0.195. The quantitative estimate of drug-likeness (QED) is 0.213. The number of hydrogen-bond donors (Lipinski definition) is 0. The van der Waals surface area contributed by atoms with Crippen LogP contribution in [0, 0.1) is 0 Å². The van der Waals surface area contributed by atoms with E-state index in [4.69, 9.17) is 0 Å². The van der Waals surface area contributed by atoms with Crippen LogP contribution in [0.15, 0.2) is 158 Å². The molecule has 0 aliphatic heterocycles. The van der Waals surface area contributed by atoms with Crippen LogP contribution in [0.5, 0.6) is 0 Å². The first kappa shape index (κ1) is 23.3. The lowest BCUT2D eigenvalue weighted by molar-refractivity contribution is 1.02. The normalized spacial score (nSPS) is 14.0. The summed E-state index contributed by atoms with van der Waals surface area (Å²) >= 11 is 0. The maximum Gasteiger partial charge on any atom is 0.0619 e. The van der Waals surface area contributed by atoms with Gasteiger partial charge in [0.1, 0.15) is 0 Å². The molecule has 1 aliphatic rings. The van der Waals surface area contributed by atoms with Crippen LogP contribution in [0.4, 0.5) is 0 Å². The Bertz CT molecular complexity index is 2270. The molecule has 0 amide bonds. The molecule has 0 N–H and O–H groups in total. The molecule has 0 radical (unpaired) electrons. The molecular formula is C41H27N. The molecule has 8 aromatic rings. The molecule has 0 fully saturated rings. The zero-order chi connectivity index (χ0) is 27.6. The number of benzene rings is 7. The summed E-state index contributed by atoms with van der Waals surface area (Å²) in [4.78, 5) is 0. The predicted octanol–water partition coefficient (Wildman–Crippen LogP) is 10.8. The van der Waals surface area contributed by atoms with Gasteiger partial charge in [0, 0.05) is 27.8 Å². The molecule has 0 bridgehead atoms. The molecule has 42 heavy (non-hydrogen) atoms. The molecule has 7 aromatic carbocycles. The zero-order valence-corrected chi connectivity index (χ0v) is 23.0. The van der Waals surface area contributed by atoms with Crippen molar-refractivity contribution >= 4 is 32.6 Å².